The predicted molar refractivity (Wildman–Crippen MR) is 67.2 cm³/mol. The van der Waals surface area contributed by atoms with Gasteiger partial charge in [0.05, 0.1) is 0 Å². The molecule has 0 saturated heterocycles. The zero-order valence-electron chi connectivity index (χ0n) is 8.98. The maximum absolute atomic E-state index is 3.84. The largest absolute Gasteiger partial charge is 0.348 e. The molecule has 0 heterocycles. The summed E-state index contributed by atoms with van der Waals surface area (Å²) in [7, 11) is 0. The van der Waals surface area contributed by atoms with Crippen molar-refractivity contribution in [2.45, 2.75) is 6.92 Å². The van der Waals surface area contributed by atoms with E-state index in [1.807, 2.05) is 6.20 Å². The Hall–Kier alpha value is -1.76. The van der Waals surface area contributed by atoms with Crippen molar-refractivity contribution >= 4 is 16.5 Å². The molecule has 0 aliphatic carbocycles. The van der Waals surface area contributed by atoms with Crippen LogP contribution in [0.4, 0.5) is 5.69 Å². The number of hydrogen-bond acceptors (Lipinski definition) is 1. The molecular formula is C14H15N. The summed E-state index contributed by atoms with van der Waals surface area (Å²) in [6.45, 7) is 6.91. The third-order valence-corrected chi connectivity index (χ3v) is 2.64. The van der Waals surface area contributed by atoms with Crippen LogP contribution in [0.2, 0.25) is 0 Å². The van der Waals surface area contributed by atoms with E-state index in [4.69, 9.17) is 0 Å². The summed E-state index contributed by atoms with van der Waals surface area (Å²) in [6, 6.07) is 14.8. The smallest absolute Gasteiger partial charge is 0.0485 e. The van der Waals surface area contributed by atoms with Gasteiger partial charge < -0.3 is 4.90 Å². The van der Waals surface area contributed by atoms with Crippen molar-refractivity contribution < 1.29 is 0 Å². The van der Waals surface area contributed by atoms with E-state index in [-0.39, 0.29) is 0 Å². The average Bonchev–Trinajstić information content (AvgIpc) is 2.31. The maximum Gasteiger partial charge on any atom is 0.0485 e. The highest BCUT2D eigenvalue weighted by Crippen LogP contribution is 2.26. The van der Waals surface area contributed by atoms with Crippen LogP contribution in [0.5, 0.6) is 0 Å². The summed E-state index contributed by atoms with van der Waals surface area (Å²) in [4.78, 5) is 2.16. The Kier molecular flexibility index (Phi) is 2.72. The van der Waals surface area contributed by atoms with Gasteiger partial charge in [-0.25, -0.2) is 0 Å². The number of fused-ring (bicyclic) bond motifs is 1. The standard InChI is InChI=1S/C14H15N/c1-3-15(4-2)14-11-7-9-12-8-5-6-10-13(12)14/h3,5-11H,1,4H2,2H3. The summed E-state index contributed by atoms with van der Waals surface area (Å²) in [5.74, 6) is 0. The Labute approximate surface area is 90.6 Å². The molecule has 0 N–H and O–H groups in total. The molecule has 0 spiro atoms. The van der Waals surface area contributed by atoms with Gasteiger partial charge in [0.25, 0.3) is 0 Å². The van der Waals surface area contributed by atoms with Gasteiger partial charge in [-0.15, -0.1) is 0 Å². The molecule has 1 nitrogen and oxygen atoms in total. The van der Waals surface area contributed by atoms with Crippen molar-refractivity contribution in [3.05, 3.63) is 55.2 Å². The number of benzene rings is 2. The zero-order chi connectivity index (χ0) is 10.7. The maximum atomic E-state index is 3.84. The molecule has 0 amide bonds. The molecule has 0 aromatic heterocycles. The van der Waals surface area contributed by atoms with E-state index in [9.17, 15) is 0 Å². The third-order valence-electron chi connectivity index (χ3n) is 2.64. The SMILES string of the molecule is C=CN(CC)c1cccc2ccccc12. The lowest BCUT2D eigenvalue weighted by molar-refractivity contribution is 1.03. The molecule has 0 fully saturated rings. The van der Waals surface area contributed by atoms with Crippen molar-refractivity contribution in [3.63, 3.8) is 0 Å². The van der Waals surface area contributed by atoms with Crippen LogP contribution < -0.4 is 4.90 Å². The van der Waals surface area contributed by atoms with E-state index < -0.39 is 0 Å². The first kappa shape index (κ1) is 9.78. The Balaban J connectivity index is 2.64. The van der Waals surface area contributed by atoms with E-state index in [1.54, 1.807) is 0 Å². The Morgan fingerprint density at radius 2 is 1.87 bits per heavy atom. The molecule has 15 heavy (non-hydrogen) atoms. The first-order valence-electron chi connectivity index (χ1n) is 5.23. The fraction of sp³-hybridized carbons (Fsp3) is 0.143. The minimum absolute atomic E-state index is 0.942. The summed E-state index contributed by atoms with van der Waals surface area (Å²) in [6.07, 6.45) is 1.88. The molecule has 2 aromatic carbocycles. The Morgan fingerprint density at radius 1 is 1.13 bits per heavy atom. The molecule has 0 radical (unpaired) electrons. The van der Waals surface area contributed by atoms with Gasteiger partial charge in [0.2, 0.25) is 0 Å². The highest BCUT2D eigenvalue weighted by Gasteiger charge is 2.03. The molecule has 1 heteroatoms. The van der Waals surface area contributed by atoms with Crippen LogP contribution in [0.3, 0.4) is 0 Å². The lowest BCUT2D eigenvalue weighted by Gasteiger charge is -2.19. The van der Waals surface area contributed by atoms with Crippen molar-refractivity contribution in [1.29, 1.82) is 0 Å². The number of anilines is 1. The molecule has 0 unspecified atom stereocenters. The lowest BCUT2D eigenvalue weighted by atomic mass is 10.1. The lowest BCUT2D eigenvalue weighted by Crippen LogP contribution is -2.14. The predicted octanol–water partition coefficient (Wildman–Crippen LogP) is 3.81. The van der Waals surface area contributed by atoms with Gasteiger partial charge >= 0.3 is 0 Å². The van der Waals surface area contributed by atoms with Gasteiger partial charge in [-0.1, -0.05) is 43.0 Å². The molecular weight excluding hydrogens is 182 g/mol. The van der Waals surface area contributed by atoms with Crippen LogP contribution in [0.1, 0.15) is 6.92 Å². The molecule has 2 rings (SSSR count). The van der Waals surface area contributed by atoms with Gasteiger partial charge in [0.1, 0.15) is 0 Å². The van der Waals surface area contributed by atoms with Gasteiger partial charge in [0, 0.05) is 17.6 Å². The van der Waals surface area contributed by atoms with Gasteiger partial charge in [0.15, 0.2) is 0 Å². The van der Waals surface area contributed by atoms with Crippen molar-refractivity contribution in [1.82, 2.24) is 0 Å². The minimum atomic E-state index is 0.942. The molecule has 2 aromatic rings. The second kappa shape index (κ2) is 4.18. The highest BCUT2D eigenvalue weighted by atomic mass is 15.1. The molecule has 76 valence electrons. The topological polar surface area (TPSA) is 3.24 Å². The molecule has 0 bridgehead atoms. The van der Waals surface area contributed by atoms with E-state index in [1.165, 1.54) is 16.5 Å². The molecule has 0 aliphatic rings. The van der Waals surface area contributed by atoms with Crippen LogP contribution in [-0.4, -0.2) is 6.54 Å². The van der Waals surface area contributed by atoms with E-state index in [0.29, 0.717) is 0 Å². The summed E-state index contributed by atoms with van der Waals surface area (Å²) in [5.41, 5.74) is 1.23. The molecule has 0 atom stereocenters. The second-order valence-electron chi connectivity index (χ2n) is 3.47. The Morgan fingerprint density at radius 3 is 2.60 bits per heavy atom. The van der Waals surface area contributed by atoms with Gasteiger partial charge in [-0.2, -0.15) is 0 Å². The zero-order valence-corrected chi connectivity index (χ0v) is 8.98. The fourth-order valence-corrected chi connectivity index (χ4v) is 1.86. The van der Waals surface area contributed by atoms with Crippen LogP contribution in [0.15, 0.2) is 55.2 Å². The third kappa shape index (κ3) is 1.73. The van der Waals surface area contributed by atoms with Crippen LogP contribution >= 0.6 is 0 Å². The van der Waals surface area contributed by atoms with Crippen molar-refractivity contribution in [2.75, 3.05) is 11.4 Å². The monoisotopic (exact) mass is 197 g/mol. The van der Waals surface area contributed by atoms with Crippen LogP contribution in [0.25, 0.3) is 10.8 Å². The quantitative estimate of drug-likeness (QED) is 0.723. The second-order valence-corrected chi connectivity index (χ2v) is 3.47. The Bertz CT molecular complexity index is 468. The molecule has 0 aliphatic heterocycles. The number of nitrogens with zero attached hydrogens (tertiary/aromatic N) is 1. The van der Waals surface area contributed by atoms with E-state index >= 15 is 0 Å². The van der Waals surface area contributed by atoms with Crippen LogP contribution in [-0.2, 0) is 0 Å². The molecule has 0 saturated carbocycles. The first-order valence-corrected chi connectivity index (χ1v) is 5.23. The highest BCUT2D eigenvalue weighted by molar-refractivity contribution is 5.94. The van der Waals surface area contributed by atoms with E-state index in [0.717, 1.165) is 6.54 Å². The first-order chi connectivity index (χ1) is 7.36. The summed E-state index contributed by atoms with van der Waals surface area (Å²) < 4.78 is 0. The van der Waals surface area contributed by atoms with Gasteiger partial charge in [-0.05, 0) is 24.6 Å². The van der Waals surface area contributed by atoms with Crippen molar-refractivity contribution in [2.24, 2.45) is 0 Å². The average molecular weight is 197 g/mol. The normalized spacial score (nSPS) is 10.2. The summed E-state index contributed by atoms with van der Waals surface area (Å²) in [5, 5.41) is 2.55. The minimum Gasteiger partial charge on any atom is -0.348 e. The fourth-order valence-electron chi connectivity index (χ4n) is 1.86. The van der Waals surface area contributed by atoms with Gasteiger partial charge in [-0.3, -0.25) is 0 Å². The summed E-state index contributed by atoms with van der Waals surface area (Å²) >= 11 is 0. The van der Waals surface area contributed by atoms with Crippen molar-refractivity contribution in [3.8, 4) is 0 Å². The van der Waals surface area contributed by atoms with Crippen LogP contribution in [0, 0.1) is 0 Å². The number of rotatable bonds is 3. The number of hydrogen-bond donors (Lipinski definition) is 0. The van der Waals surface area contributed by atoms with E-state index in [2.05, 4.69) is 60.9 Å².